The molecular formula is C12H15BrClFO3S. The topological polar surface area (TPSA) is 43.4 Å². The standard InChI is InChI=1S/C12H15BrClFO3S/c1-9(5-7-19(14,16)17)4-6-18-12-3-2-10(15)8-11(12)13/h2-3,8-9H,4-7H2,1H3. The summed E-state index contributed by atoms with van der Waals surface area (Å²) in [6, 6.07) is 4.20. The zero-order valence-corrected chi connectivity index (χ0v) is 13.6. The number of benzene rings is 1. The van der Waals surface area contributed by atoms with Crippen LogP contribution in [0.1, 0.15) is 19.8 Å². The SMILES string of the molecule is CC(CCOc1ccc(F)cc1Br)CCS(=O)(=O)Cl. The van der Waals surface area contributed by atoms with Gasteiger partial charge in [-0.05, 0) is 52.9 Å². The first-order valence-corrected chi connectivity index (χ1v) is 9.05. The lowest BCUT2D eigenvalue weighted by Crippen LogP contribution is -2.08. The summed E-state index contributed by atoms with van der Waals surface area (Å²) in [6.07, 6.45) is 1.20. The van der Waals surface area contributed by atoms with Gasteiger partial charge in [0.1, 0.15) is 11.6 Å². The van der Waals surface area contributed by atoms with Crippen molar-refractivity contribution in [2.45, 2.75) is 19.8 Å². The monoisotopic (exact) mass is 372 g/mol. The summed E-state index contributed by atoms with van der Waals surface area (Å²) in [5.74, 6) is 0.391. The van der Waals surface area contributed by atoms with E-state index in [1.54, 1.807) is 6.07 Å². The van der Waals surface area contributed by atoms with Gasteiger partial charge in [-0.3, -0.25) is 0 Å². The van der Waals surface area contributed by atoms with Gasteiger partial charge in [0.2, 0.25) is 9.05 Å². The fraction of sp³-hybridized carbons (Fsp3) is 0.500. The highest BCUT2D eigenvalue weighted by molar-refractivity contribution is 9.10. The molecule has 7 heteroatoms. The van der Waals surface area contributed by atoms with Gasteiger partial charge in [-0.15, -0.1) is 0 Å². The van der Waals surface area contributed by atoms with E-state index in [0.717, 1.165) is 0 Å². The van der Waals surface area contributed by atoms with Gasteiger partial charge in [0.05, 0.1) is 16.8 Å². The minimum absolute atomic E-state index is 0.0318. The smallest absolute Gasteiger partial charge is 0.232 e. The first-order valence-electron chi connectivity index (χ1n) is 5.78. The molecule has 0 aliphatic heterocycles. The van der Waals surface area contributed by atoms with Gasteiger partial charge in [0, 0.05) is 10.7 Å². The lowest BCUT2D eigenvalue weighted by molar-refractivity contribution is 0.280. The van der Waals surface area contributed by atoms with Gasteiger partial charge in [0.15, 0.2) is 0 Å². The number of hydrogen-bond donors (Lipinski definition) is 0. The van der Waals surface area contributed by atoms with E-state index in [0.29, 0.717) is 29.7 Å². The normalized spacial score (nSPS) is 13.3. The molecule has 0 saturated carbocycles. The van der Waals surface area contributed by atoms with Crippen LogP contribution in [0.5, 0.6) is 5.75 Å². The quantitative estimate of drug-likeness (QED) is 0.680. The molecule has 1 atom stereocenters. The van der Waals surface area contributed by atoms with Crippen LogP contribution in [0.3, 0.4) is 0 Å². The Bertz CT molecular complexity index is 522. The van der Waals surface area contributed by atoms with Crippen LogP contribution in [-0.2, 0) is 9.05 Å². The maximum atomic E-state index is 12.9. The van der Waals surface area contributed by atoms with Crippen LogP contribution in [-0.4, -0.2) is 20.8 Å². The van der Waals surface area contributed by atoms with Crippen molar-refractivity contribution < 1.29 is 17.5 Å². The molecule has 108 valence electrons. The van der Waals surface area contributed by atoms with Crippen molar-refractivity contribution >= 4 is 35.7 Å². The Morgan fingerprint density at radius 1 is 1.42 bits per heavy atom. The van der Waals surface area contributed by atoms with E-state index in [1.807, 2.05) is 6.92 Å². The Morgan fingerprint density at radius 3 is 2.68 bits per heavy atom. The summed E-state index contributed by atoms with van der Waals surface area (Å²) >= 11 is 3.21. The molecule has 0 aromatic heterocycles. The minimum atomic E-state index is -3.43. The Balaban J connectivity index is 2.33. The molecule has 3 nitrogen and oxygen atoms in total. The highest BCUT2D eigenvalue weighted by Crippen LogP contribution is 2.26. The van der Waals surface area contributed by atoms with E-state index < -0.39 is 9.05 Å². The van der Waals surface area contributed by atoms with Gasteiger partial charge in [-0.1, -0.05) is 6.92 Å². The molecule has 0 radical (unpaired) electrons. The fourth-order valence-corrected chi connectivity index (χ4v) is 2.87. The summed E-state index contributed by atoms with van der Waals surface area (Å²) in [7, 11) is 1.72. The third-order valence-corrected chi connectivity index (χ3v) is 4.42. The highest BCUT2D eigenvalue weighted by Gasteiger charge is 2.10. The van der Waals surface area contributed by atoms with Crippen molar-refractivity contribution in [3.05, 3.63) is 28.5 Å². The molecular weight excluding hydrogens is 359 g/mol. The van der Waals surface area contributed by atoms with E-state index in [2.05, 4.69) is 15.9 Å². The zero-order chi connectivity index (χ0) is 14.5. The van der Waals surface area contributed by atoms with E-state index in [9.17, 15) is 12.8 Å². The van der Waals surface area contributed by atoms with Crippen molar-refractivity contribution in [3.63, 3.8) is 0 Å². The molecule has 0 heterocycles. The second-order valence-corrected chi connectivity index (χ2v) is 8.10. The molecule has 1 aromatic carbocycles. The van der Waals surface area contributed by atoms with Crippen LogP contribution in [0.4, 0.5) is 4.39 Å². The predicted octanol–water partition coefficient (Wildman–Crippen LogP) is 3.95. The van der Waals surface area contributed by atoms with Crippen molar-refractivity contribution in [2.24, 2.45) is 5.92 Å². The van der Waals surface area contributed by atoms with Gasteiger partial charge in [0.25, 0.3) is 0 Å². The van der Waals surface area contributed by atoms with Gasteiger partial charge in [-0.25, -0.2) is 12.8 Å². The number of ether oxygens (including phenoxy) is 1. The largest absolute Gasteiger partial charge is 0.492 e. The summed E-state index contributed by atoms with van der Waals surface area (Å²) in [5, 5.41) is 0. The van der Waals surface area contributed by atoms with Crippen LogP contribution in [0.2, 0.25) is 0 Å². The lowest BCUT2D eigenvalue weighted by Gasteiger charge is -2.12. The first-order chi connectivity index (χ1) is 8.78. The van der Waals surface area contributed by atoms with Crippen LogP contribution >= 0.6 is 26.6 Å². The fourth-order valence-electron chi connectivity index (χ4n) is 1.45. The Kier molecular flexibility index (Phi) is 6.56. The molecule has 0 N–H and O–H groups in total. The van der Waals surface area contributed by atoms with E-state index >= 15 is 0 Å². The van der Waals surface area contributed by atoms with Gasteiger partial charge >= 0.3 is 0 Å². The molecule has 0 aliphatic rings. The Labute approximate surface area is 125 Å². The summed E-state index contributed by atoms with van der Waals surface area (Å²) in [6.45, 7) is 2.37. The van der Waals surface area contributed by atoms with Crippen molar-refractivity contribution in [1.29, 1.82) is 0 Å². The minimum Gasteiger partial charge on any atom is -0.492 e. The first kappa shape index (κ1) is 16.7. The molecule has 1 rings (SSSR count). The zero-order valence-electron chi connectivity index (χ0n) is 10.4. The molecule has 19 heavy (non-hydrogen) atoms. The van der Waals surface area contributed by atoms with Crippen molar-refractivity contribution in [1.82, 2.24) is 0 Å². The third kappa shape index (κ3) is 7.13. The van der Waals surface area contributed by atoms with Gasteiger partial charge < -0.3 is 4.74 Å². The lowest BCUT2D eigenvalue weighted by atomic mass is 10.1. The molecule has 0 saturated heterocycles. The Hall–Kier alpha value is -0.330. The molecule has 0 spiro atoms. The van der Waals surface area contributed by atoms with Crippen LogP contribution < -0.4 is 4.74 Å². The Morgan fingerprint density at radius 2 is 2.11 bits per heavy atom. The van der Waals surface area contributed by atoms with Gasteiger partial charge in [-0.2, -0.15) is 0 Å². The molecule has 0 fully saturated rings. The van der Waals surface area contributed by atoms with Crippen LogP contribution in [0.25, 0.3) is 0 Å². The molecule has 1 unspecified atom stereocenters. The average molecular weight is 374 g/mol. The third-order valence-electron chi connectivity index (χ3n) is 2.62. The second kappa shape index (κ2) is 7.45. The van der Waals surface area contributed by atoms with Crippen LogP contribution in [0, 0.1) is 11.7 Å². The van der Waals surface area contributed by atoms with Crippen molar-refractivity contribution in [3.8, 4) is 5.75 Å². The molecule has 0 aliphatic carbocycles. The molecule has 1 aromatic rings. The van der Waals surface area contributed by atoms with Crippen molar-refractivity contribution in [2.75, 3.05) is 12.4 Å². The van der Waals surface area contributed by atoms with E-state index in [1.165, 1.54) is 12.1 Å². The summed E-state index contributed by atoms with van der Waals surface area (Å²) < 4.78 is 40.5. The summed E-state index contributed by atoms with van der Waals surface area (Å²) in [4.78, 5) is 0. The number of hydrogen-bond acceptors (Lipinski definition) is 3. The second-order valence-electron chi connectivity index (χ2n) is 4.35. The molecule has 0 bridgehead atoms. The number of rotatable bonds is 7. The average Bonchev–Trinajstić information content (AvgIpc) is 2.28. The molecule has 0 amide bonds. The maximum absolute atomic E-state index is 12.9. The highest BCUT2D eigenvalue weighted by atomic mass is 79.9. The van der Waals surface area contributed by atoms with Crippen LogP contribution in [0.15, 0.2) is 22.7 Å². The maximum Gasteiger partial charge on any atom is 0.232 e. The predicted molar refractivity (Wildman–Crippen MR) is 77.6 cm³/mol. The van der Waals surface area contributed by atoms with E-state index in [4.69, 9.17) is 15.4 Å². The van der Waals surface area contributed by atoms with E-state index in [-0.39, 0.29) is 17.5 Å². The number of halogens is 3. The summed E-state index contributed by atoms with van der Waals surface area (Å²) in [5.41, 5.74) is 0.